The van der Waals surface area contributed by atoms with Gasteiger partial charge in [-0.3, -0.25) is 4.79 Å². The highest BCUT2D eigenvalue weighted by molar-refractivity contribution is 5.81. The highest BCUT2D eigenvalue weighted by Gasteiger charge is 2.24. The molecule has 0 aromatic rings. The highest BCUT2D eigenvalue weighted by atomic mass is 16.3. The summed E-state index contributed by atoms with van der Waals surface area (Å²) in [5.41, 5.74) is 5.37. The van der Waals surface area contributed by atoms with Crippen molar-refractivity contribution >= 4 is 5.91 Å². The van der Waals surface area contributed by atoms with E-state index in [9.17, 15) is 4.79 Å². The zero-order valence-electron chi connectivity index (χ0n) is 7.29. The molecule has 12 heavy (non-hydrogen) atoms. The Labute approximate surface area is 72.1 Å². The van der Waals surface area contributed by atoms with Crippen LogP contribution >= 0.6 is 0 Å². The van der Waals surface area contributed by atoms with Crippen LogP contribution < -0.4 is 11.1 Å². The quantitative estimate of drug-likeness (QED) is 0.519. The molecule has 1 fully saturated rings. The van der Waals surface area contributed by atoms with E-state index in [2.05, 4.69) is 5.32 Å². The van der Waals surface area contributed by atoms with E-state index in [4.69, 9.17) is 10.8 Å². The number of aliphatic hydroxyl groups excluding tert-OH is 1. The van der Waals surface area contributed by atoms with E-state index >= 15 is 0 Å². The molecule has 0 aromatic heterocycles. The van der Waals surface area contributed by atoms with Gasteiger partial charge in [0, 0.05) is 6.04 Å². The number of aliphatic hydroxyl groups is 1. The molecular formula is C8H16N2O2. The van der Waals surface area contributed by atoms with Crippen LogP contribution in [0.15, 0.2) is 0 Å². The normalized spacial score (nSPS) is 31.6. The summed E-state index contributed by atoms with van der Waals surface area (Å²) in [7, 11) is 0. The number of hydrogen-bond donors (Lipinski definition) is 3. The molecule has 4 nitrogen and oxygen atoms in total. The molecule has 0 unspecified atom stereocenters. The van der Waals surface area contributed by atoms with Gasteiger partial charge in [0.25, 0.3) is 0 Å². The van der Waals surface area contributed by atoms with Crippen LogP contribution in [0.3, 0.4) is 0 Å². The van der Waals surface area contributed by atoms with Crippen LogP contribution in [0.1, 0.15) is 26.2 Å². The molecule has 0 aliphatic heterocycles. The van der Waals surface area contributed by atoms with Crippen LogP contribution in [0, 0.1) is 0 Å². The minimum absolute atomic E-state index is 0.124. The lowest BCUT2D eigenvalue weighted by molar-refractivity contribution is -0.122. The van der Waals surface area contributed by atoms with Gasteiger partial charge in [0.1, 0.15) is 0 Å². The minimum Gasteiger partial charge on any atom is -0.393 e. The van der Waals surface area contributed by atoms with Crippen molar-refractivity contribution in [2.24, 2.45) is 5.73 Å². The topological polar surface area (TPSA) is 75.4 Å². The third-order valence-electron chi connectivity index (χ3n) is 2.16. The van der Waals surface area contributed by atoms with E-state index in [0.29, 0.717) is 6.42 Å². The van der Waals surface area contributed by atoms with E-state index < -0.39 is 6.04 Å². The van der Waals surface area contributed by atoms with Gasteiger partial charge in [-0.15, -0.1) is 0 Å². The van der Waals surface area contributed by atoms with Gasteiger partial charge in [-0.1, -0.05) is 0 Å². The summed E-state index contributed by atoms with van der Waals surface area (Å²) in [4.78, 5) is 11.1. The van der Waals surface area contributed by atoms with Crippen LogP contribution in [0.5, 0.6) is 0 Å². The Hall–Kier alpha value is -0.610. The van der Waals surface area contributed by atoms with Crippen LogP contribution in [0.2, 0.25) is 0 Å². The molecule has 0 saturated heterocycles. The third kappa shape index (κ3) is 2.46. The molecule has 0 aromatic carbocycles. The van der Waals surface area contributed by atoms with Gasteiger partial charge in [0.2, 0.25) is 5.91 Å². The zero-order chi connectivity index (χ0) is 9.14. The van der Waals surface area contributed by atoms with Gasteiger partial charge < -0.3 is 16.2 Å². The predicted molar refractivity (Wildman–Crippen MR) is 45.4 cm³/mol. The SMILES string of the molecule is C[C@H](N)C(=O)N[C@H]1CC[C@@H](O)C1. The summed E-state index contributed by atoms with van der Waals surface area (Å²) >= 11 is 0. The first kappa shape index (κ1) is 9.48. The van der Waals surface area contributed by atoms with E-state index in [1.807, 2.05) is 0 Å². The molecular weight excluding hydrogens is 156 g/mol. The highest BCUT2D eigenvalue weighted by Crippen LogP contribution is 2.18. The molecule has 0 radical (unpaired) electrons. The number of rotatable bonds is 2. The summed E-state index contributed by atoms with van der Waals surface area (Å²) in [5.74, 6) is -0.130. The maximum absolute atomic E-state index is 11.1. The zero-order valence-corrected chi connectivity index (χ0v) is 7.29. The fourth-order valence-corrected chi connectivity index (χ4v) is 1.42. The Balaban J connectivity index is 2.28. The maximum Gasteiger partial charge on any atom is 0.236 e. The monoisotopic (exact) mass is 172 g/mol. The molecule has 0 spiro atoms. The second-order valence-corrected chi connectivity index (χ2v) is 3.46. The molecule has 1 saturated carbocycles. The van der Waals surface area contributed by atoms with Crippen molar-refractivity contribution < 1.29 is 9.90 Å². The predicted octanol–water partition coefficient (Wildman–Crippen LogP) is -0.637. The number of amides is 1. The molecule has 1 aliphatic rings. The van der Waals surface area contributed by atoms with Crippen molar-refractivity contribution in [1.82, 2.24) is 5.32 Å². The molecule has 3 atom stereocenters. The lowest BCUT2D eigenvalue weighted by Crippen LogP contribution is -2.43. The first-order valence-corrected chi connectivity index (χ1v) is 4.33. The first-order chi connectivity index (χ1) is 5.59. The molecule has 0 bridgehead atoms. The fraction of sp³-hybridized carbons (Fsp3) is 0.875. The lowest BCUT2D eigenvalue weighted by Gasteiger charge is -2.13. The number of carbonyl (C=O) groups is 1. The fourth-order valence-electron chi connectivity index (χ4n) is 1.42. The van der Waals surface area contributed by atoms with Crippen molar-refractivity contribution in [1.29, 1.82) is 0 Å². The summed E-state index contributed by atoms with van der Waals surface area (Å²) < 4.78 is 0. The Kier molecular flexibility index (Phi) is 3.05. The van der Waals surface area contributed by atoms with Crippen molar-refractivity contribution in [3.63, 3.8) is 0 Å². The summed E-state index contributed by atoms with van der Waals surface area (Å²) in [6.07, 6.45) is 2.06. The Morgan fingerprint density at radius 2 is 2.33 bits per heavy atom. The molecule has 1 rings (SSSR count). The standard InChI is InChI=1S/C8H16N2O2/c1-5(9)8(12)10-6-2-3-7(11)4-6/h5-7,11H,2-4,9H2,1H3,(H,10,12)/t5-,6-,7+/m0/s1. The van der Waals surface area contributed by atoms with Gasteiger partial charge in [-0.05, 0) is 26.2 Å². The Morgan fingerprint density at radius 1 is 1.67 bits per heavy atom. The molecule has 0 heterocycles. The van der Waals surface area contributed by atoms with Gasteiger partial charge in [0.05, 0.1) is 12.1 Å². The van der Waals surface area contributed by atoms with Gasteiger partial charge >= 0.3 is 0 Å². The van der Waals surface area contributed by atoms with Crippen LogP contribution in [0.25, 0.3) is 0 Å². The molecule has 4 N–H and O–H groups in total. The summed E-state index contributed by atoms with van der Waals surface area (Å²) in [5, 5.41) is 12.0. The molecule has 1 amide bonds. The smallest absolute Gasteiger partial charge is 0.236 e. The number of nitrogens with two attached hydrogens (primary N) is 1. The van der Waals surface area contributed by atoms with Crippen molar-refractivity contribution in [2.45, 2.75) is 44.4 Å². The first-order valence-electron chi connectivity index (χ1n) is 4.33. The largest absolute Gasteiger partial charge is 0.393 e. The van der Waals surface area contributed by atoms with Gasteiger partial charge in [-0.25, -0.2) is 0 Å². The van der Waals surface area contributed by atoms with Gasteiger partial charge in [-0.2, -0.15) is 0 Å². The molecule has 70 valence electrons. The van der Waals surface area contributed by atoms with Crippen molar-refractivity contribution in [2.75, 3.05) is 0 Å². The van der Waals surface area contributed by atoms with Crippen molar-refractivity contribution in [3.8, 4) is 0 Å². The second kappa shape index (κ2) is 3.87. The maximum atomic E-state index is 11.1. The van der Waals surface area contributed by atoms with Gasteiger partial charge in [0.15, 0.2) is 0 Å². The second-order valence-electron chi connectivity index (χ2n) is 3.46. The molecule has 1 aliphatic carbocycles. The summed E-state index contributed by atoms with van der Waals surface area (Å²) in [6.45, 7) is 1.65. The van der Waals surface area contributed by atoms with E-state index in [1.165, 1.54) is 0 Å². The Bertz CT molecular complexity index is 170. The molecule has 4 heteroatoms. The number of hydrogen-bond acceptors (Lipinski definition) is 3. The van der Waals surface area contributed by atoms with Crippen LogP contribution in [-0.2, 0) is 4.79 Å². The third-order valence-corrected chi connectivity index (χ3v) is 2.16. The van der Waals surface area contributed by atoms with Crippen molar-refractivity contribution in [3.05, 3.63) is 0 Å². The minimum atomic E-state index is -0.456. The van der Waals surface area contributed by atoms with Crippen LogP contribution in [0.4, 0.5) is 0 Å². The Morgan fingerprint density at radius 3 is 2.75 bits per heavy atom. The van der Waals surface area contributed by atoms with E-state index in [1.54, 1.807) is 6.92 Å². The van der Waals surface area contributed by atoms with E-state index in [0.717, 1.165) is 12.8 Å². The average molecular weight is 172 g/mol. The average Bonchev–Trinajstić information content (AvgIpc) is 2.35. The lowest BCUT2D eigenvalue weighted by atomic mass is 10.2. The summed E-state index contributed by atoms with van der Waals surface area (Å²) in [6, 6.07) is -0.332. The van der Waals surface area contributed by atoms with Crippen LogP contribution in [-0.4, -0.2) is 29.2 Å². The van der Waals surface area contributed by atoms with E-state index in [-0.39, 0.29) is 18.1 Å². The number of carbonyl (C=O) groups excluding carboxylic acids is 1. The number of nitrogens with one attached hydrogen (secondary N) is 1.